The zero-order chi connectivity index (χ0) is 20.4. The molecule has 1 rings (SSSR count). The topological polar surface area (TPSA) is 125 Å². The maximum Gasteiger partial charge on any atom is 0.408 e. The SMILES string of the molecule is CC(C)[C@H](NC(=O)OCc1ccccc1)C(=O)NC(CC(=O)O)C(O)CF. The van der Waals surface area contributed by atoms with Crippen molar-refractivity contribution in [2.45, 2.75) is 45.1 Å². The Morgan fingerprint density at radius 2 is 1.78 bits per heavy atom. The molecule has 0 spiro atoms. The van der Waals surface area contributed by atoms with Crippen LogP contribution in [0.15, 0.2) is 30.3 Å². The molecule has 8 nitrogen and oxygen atoms in total. The Morgan fingerprint density at radius 3 is 2.30 bits per heavy atom. The van der Waals surface area contributed by atoms with Gasteiger partial charge in [-0.1, -0.05) is 44.2 Å². The molecular weight excluding hydrogens is 359 g/mol. The minimum Gasteiger partial charge on any atom is -0.481 e. The van der Waals surface area contributed by atoms with Gasteiger partial charge in [-0.3, -0.25) is 9.59 Å². The number of alkyl halides is 1. The number of aliphatic hydroxyl groups excluding tert-OH is 1. The van der Waals surface area contributed by atoms with Gasteiger partial charge in [-0.25, -0.2) is 9.18 Å². The fourth-order valence-electron chi connectivity index (χ4n) is 2.28. The molecule has 0 radical (unpaired) electrons. The van der Waals surface area contributed by atoms with E-state index in [1.54, 1.807) is 38.1 Å². The number of carbonyl (C=O) groups is 3. The molecule has 0 saturated carbocycles. The Kier molecular flexibility index (Phi) is 9.21. The lowest BCUT2D eigenvalue weighted by Gasteiger charge is -2.26. The summed E-state index contributed by atoms with van der Waals surface area (Å²) in [6.07, 6.45) is -3.14. The van der Waals surface area contributed by atoms with E-state index in [4.69, 9.17) is 9.84 Å². The first kappa shape index (κ1) is 22.4. The molecule has 9 heteroatoms. The van der Waals surface area contributed by atoms with Crippen LogP contribution in [0.2, 0.25) is 0 Å². The first-order chi connectivity index (χ1) is 12.7. The average Bonchev–Trinajstić information content (AvgIpc) is 2.63. The van der Waals surface area contributed by atoms with Crippen molar-refractivity contribution < 1.29 is 33.7 Å². The minimum absolute atomic E-state index is 0.0152. The highest BCUT2D eigenvalue weighted by Crippen LogP contribution is 2.07. The van der Waals surface area contributed by atoms with Gasteiger partial charge in [-0.15, -0.1) is 0 Å². The number of nitrogens with one attached hydrogen (secondary N) is 2. The van der Waals surface area contributed by atoms with Gasteiger partial charge in [-0.2, -0.15) is 0 Å². The Morgan fingerprint density at radius 1 is 1.15 bits per heavy atom. The normalized spacial score (nSPS) is 14.1. The number of aliphatic carboxylic acids is 1. The van der Waals surface area contributed by atoms with Crippen LogP contribution in [0.5, 0.6) is 0 Å². The van der Waals surface area contributed by atoms with E-state index in [2.05, 4.69) is 10.6 Å². The van der Waals surface area contributed by atoms with E-state index >= 15 is 0 Å². The van der Waals surface area contributed by atoms with Crippen molar-refractivity contribution in [1.29, 1.82) is 0 Å². The van der Waals surface area contributed by atoms with Crippen LogP contribution >= 0.6 is 0 Å². The van der Waals surface area contributed by atoms with Crippen LogP contribution < -0.4 is 10.6 Å². The molecule has 1 aromatic rings. The summed E-state index contributed by atoms with van der Waals surface area (Å²) in [7, 11) is 0. The smallest absolute Gasteiger partial charge is 0.408 e. The molecule has 0 saturated heterocycles. The van der Waals surface area contributed by atoms with E-state index in [0.717, 1.165) is 5.56 Å². The monoisotopic (exact) mass is 384 g/mol. The van der Waals surface area contributed by atoms with E-state index in [1.807, 2.05) is 6.07 Å². The van der Waals surface area contributed by atoms with Crippen LogP contribution in [-0.4, -0.2) is 53.0 Å². The highest BCUT2D eigenvalue weighted by Gasteiger charge is 2.30. The van der Waals surface area contributed by atoms with E-state index < -0.39 is 49.3 Å². The summed E-state index contributed by atoms with van der Waals surface area (Å²) in [6, 6.07) is 6.59. The molecule has 2 unspecified atom stereocenters. The number of benzene rings is 1. The molecule has 0 aliphatic heterocycles. The Hall–Kier alpha value is -2.68. The third-order valence-electron chi connectivity index (χ3n) is 3.78. The van der Waals surface area contributed by atoms with Crippen LogP contribution in [0.3, 0.4) is 0 Å². The number of carboxylic acid groups (broad SMARTS) is 1. The number of halogens is 1. The fraction of sp³-hybridized carbons (Fsp3) is 0.500. The summed E-state index contributed by atoms with van der Waals surface area (Å²) >= 11 is 0. The lowest BCUT2D eigenvalue weighted by molar-refractivity contribution is -0.139. The van der Waals surface area contributed by atoms with Crippen molar-refractivity contribution >= 4 is 18.0 Å². The van der Waals surface area contributed by atoms with Gasteiger partial charge in [0.1, 0.15) is 25.4 Å². The lowest BCUT2D eigenvalue weighted by Crippen LogP contribution is -2.55. The number of hydrogen-bond acceptors (Lipinski definition) is 5. The third kappa shape index (κ3) is 8.04. The quantitative estimate of drug-likeness (QED) is 0.481. The van der Waals surface area contributed by atoms with Crippen LogP contribution in [0.25, 0.3) is 0 Å². The number of ether oxygens (including phenoxy) is 1. The van der Waals surface area contributed by atoms with Crippen molar-refractivity contribution in [2.24, 2.45) is 5.92 Å². The van der Waals surface area contributed by atoms with Crippen LogP contribution in [-0.2, 0) is 20.9 Å². The average molecular weight is 384 g/mol. The summed E-state index contributed by atoms with van der Waals surface area (Å²) in [5.41, 5.74) is 0.769. The molecule has 4 N–H and O–H groups in total. The van der Waals surface area contributed by atoms with Gasteiger partial charge in [0.25, 0.3) is 0 Å². The first-order valence-corrected chi connectivity index (χ1v) is 8.48. The third-order valence-corrected chi connectivity index (χ3v) is 3.78. The van der Waals surface area contributed by atoms with Crippen molar-refractivity contribution in [3.05, 3.63) is 35.9 Å². The number of amides is 2. The van der Waals surface area contributed by atoms with Gasteiger partial charge in [0.15, 0.2) is 0 Å². The molecule has 27 heavy (non-hydrogen) atoms. The molecule has 0 bridgehead atoms. The molecule has 1 aromatic carbocycles. The van der Waals surface area contributed by atoms with E-state index in [-0.39, 0.29) is 12.5 Å². The Labute approximate surface area is 156 Å². The van der Waals surface area contributed by atoms with Crippen molar-refractivity contribution in [1.82, 2.24) is 10.6 Å². The van der Waals surface area contributed by atoms with E-state index in [9.17, 15) is 23.9 Å². The summed E-state index contributed by atoms with van der Waals surface area (Å²) in [5.74, 6) is -2.40. The number of alkyl carbamates (subject to hydrolysis) is 1. The van der Waals surface area contributed by atoms with Gasteiger partial charge in [0.2, 0.25) is 5.91 Å². The zero-order valence-corrected chi connectivity index (χ0v) is 15.2. The lowest BCUT2D eigenvalue weighted by atomic mass is 10.0. The van der Waals surface area contributed by atoms with Crippen molar-refractivity contribution in [3.63, 3.8) is 0 Å². The second-order valence-electron chi connectivity index (χ2n) is 6.36. The van der Waals surface area contributed by atoms with Crippen molar-refractivity contribution in [2.75, 3.05) is 6.67 Å². The van der Waals surface area contributed by atoms with Gasteiger partial charge in [0.05, 0.1) is 12.5 Å². The maximum absolute atomic E-state index is 12.7. The minimum atomic E-state index is -1.66. The maximum atomic E-state index is 12.7. The van der Waals surface area contributed by atoms with E-state index in [0.29, 0.717) is 0 Å². The molecule has 0 aliphatic rings. The second-order valence-corrected chi connectivity index (χ2v) is 6.36. The van der Waals surface area contributed by atoms with Gasteiger partial charge in [-0.05, 0) is 11.5 Å². The van der Waals surface area contributed by atoms with Crippen LogP contribution in [0.1, 0.15) is 25.8 Å². The summed E-state index contributed by atoms with van der Waals surface area (Å²) < 4.78 is 17.7. The van der Waals surface area contributed by atoms with Gasteiger partial charge < -0.3 is 25.6 Å². The Balaban J connectivity index is 2.68. The standard InChI is InChI=1S/C18H25FN2O6/c1-11(2)16(17(25)20-13(8-15(23)24)14(22)9-19)21-18(26)27-10-12-6-4-3-5-7-12/h3-7,11,13-14,16,22H,8-10H2,1-2H3,(H,20,25)(H,21,26)(H,23,24)/t13?,14?,16-/m0/s1. The molecule has 0 aliphatic carbocycles. The molecule has 0 aromatic heterocycles. The van der Waals surface area contributed by atoms with E-state index in [1.165, 1.54) is 0 Å². The first-order valence-electron chi connectivity index (χ1n) is 8.48. The van der Waals surface area contributed by atoms with Crippen molar-refractivity contribution in [3.8, 4) is 0 Å². The molecular formula is C18H25FN2O6. The van der Waals surface area contributed by atoms with Crippen LogP contribution in [0.4, 0.5) is 9.18 Å². The molecule has 2 amide bonds. The molecule has 0 heterocycles. The number of carboxylic acids is 1. The molecule has 3 atom stereocenters. The number of carbonyl (C=O) groups excluding carboxylic acids is 2. The number of rotatable bonds is 10. The summed E-state index contributed by atoms with van der Waals surface area (Å²) in [5, 5.41) is 23.1. The van der Waals surface area contributed by atoms with Gasteiger partial charge in [0, 0.05) is 0 Å². The molecule has 150 valence electrons. The van der Waals surface area contributed by atoms with Gasteiger partial charge >= 0.3 is 12.1 Å². The summed E-state index contributed by atoms with van der Waals surface area (Å²) in [6.45, 7) is 2.14. The Bertz CT molecular complexity index is 626. The number of hydrogen-bond donors (Lipinski definition) is 4. The molecule has 0 fully saturated rings. The predicted molar refractivity (Wildman–Crippen MR) is 94.6 cm³/mol. The zero-order valence-electron chi connectivity index (χ0n) is 15.2. The number of aliphatic hydroxyl groups is 1. The largest absolute Gasteiger partial charge is 0.481 e. The fourth-order valence-corrected chi connectivity index (χ4v) is 2.28. The predicted octanol–water partition coefficient (Wildman–Crippen LogP) is 1.23. The second kappa shape index (κ2) is 11.1. The summed E-state index contributed by atoms with van der Waals surface area (Å²) in [4.78, 5) is 35.2. The highest BCUT2D eigenvalue weighted by molar-refractivity contribution is 5.86. The highest BCUT2D eigenvalue weighted by atomic mass is 19.1. The van der Waals surface area contributed by atoms with Crippen LogP contribution in [0, 0.1) is 5.92 Å².